The molecule has 7 nitrogen and oxygen atoms in total. The zero-order valence-corrected chi connectivity index (χ0v) is 12.8. The van der Waals surface area contributed by atoms with E-state index >= 15 is 0 Å². The lowest BCUT2D eigenvalue weighted by molar-refractivity contribution is -0.144. The number of carbonyl (C=O) groups excluding carboxylic acids is 4. The van der Waals surface area contributed by atoms with Crippen LogP contribution in [0, 0.1) is 0 Å². The molecule has 0 aliphatic carbocycles. The van der Waals surface area contributed by atoms with Crippen molar-refractivity contribution in [2.24, 2.45) is 0 Å². The van der Waals surface area contributed by atoms with Crippen molar-refractivity contribution in [2.75, 3.05) is 11.9 Å². The molecule has 1 heterocycles. The number of urea groups is 1. The van der Waals surface area contributed by atoms with E-state index in [0.717, 1.165) is 4.90 Å². The van der Waals surface area contributed by atoms with E-state index in [-0.39, 0.29) is 0 Å². The van der Waals surface area contributed by atoms with Gasteiger partial charge in [-0.25, -0.2) is 9.69 Å². The lowest BCUT2D eigenvalue weighted by Gasteiger charge is -2.18. The predicted molar refractivity (Wildman–Crippen MR) is 79.2 cm³/mol. The number of halogens is 1. The van der Waals surface area contributed by atoms with Crippen molar-refractivity contribution in [3.63, 3.8) is 0 Å². The molecule has 1 aromatic carbocycles. The summed E-state index contributed by atoms with van der Waals surface area (Å²) in [6, 6.07) is 5.30. The molecule has 22 heavy (non-hydrogen) atoms. The number of imide groups is 2. The van der Waals surface area contributed by atoms with Gasteiger partial charge in [-0.2, -0.15) is 0 Å². The van der Waals surface area contributed by atoms with Gasteiger partial charge in [-0.15, -0.1) is 0 Å². The van der Waals surface area contributed by atoms with Crippen molar-refractivity contribution in [3.8, 4) is 0 Å². The third kappa shape index (κ3) is 2.94. The summed E-state index contributed by atoms with van der Waals surface area (Å²) >= 11 is 5.91. The van der Waals surface area contributed by atoms with Gasteiger partial charge in [0.25, 0.3) is 0 Å². The van der Waals surface area contributed by atoms with Crippen molar-refractivity contribution in [3.05, 3.63) is 29.3 Å². The zero-order valence-electron chi connectivity index (χ0n) is 12.0. The first-order valence-corrected chi connectivity index (χ1v) is 6.94. The third-order valence-electron chi connectivity index (χ3n) is 3.05. The van der Waals surface area contributed by atoms with Gasteiger partial charge in [-0.05, 0) is 26.0 Å². The maximum absolute atomic E-state index is 12.0. The fourth-order valence-electron chi connectivity index (χ4n) is 2.01. The zero-order chi connectivity index (χ0) is 16.4. The number of benzene rings is 1. The molecule has 0 unspecified atom stereocenters. The van der Waals surface area contributed by atoms with E-state index in [0.29, 0.717) is 15.6 Å². The Bertz CT molecular complexity index is 659. The molecule has 1 saturated heterocycles. The van der Waals surface area contributed by atoms with Gasteiger partial charge in [-0.3, -0.25) is 19.3 Å². The van der Waals surface area contributed by atoms with E-state index in [1.165, 1.54) is 0 Å². The quantitative estimate of drug-likeness (QED) is 0.671. The highest BCUT2D eigenvalue weighted by Gasteiger charge is 2.46. The molecule has 1 aliphatic heterocycles. The number of nitrogens with zero attached hydrogens (tertiary/aromatic N) is 2. The Hall–Kier alpha value is -2.41. The maximum Gasteiger partial charge on any atom is 0.334 e. The Balaban J connectivity index is 2.09. The number of hydrogen-bond acceptors (Lipinski definition) is 4. The minimum absolute atomic E-state index is 0.329. The van der Waals surface area contributed by atoms with Gasteiger partial charge < -0.3 is 5.32 Å². The van der Waals surface area contributed by atoms with Gasteiger partial charge in [0.2, 0.25) is 5.91 Å². The Morgan fingerprint density at radius 1 is 1.18 bits per heavy atom. The van der Waals surface area contributed by atoms with Crippen LogP contribution in [-0.2, 0) is 14.4 Å². The highest BCUT2D eigenvalue weighted by molar-refractivity contribution is 6.45. The van der Waals surface area contributed by atoms with E-state index in [2.05, 4.69) is 5.32 Å². The average molecular weight is 324 g/mol. The molecule has 5 amide bonds. The van der Waals surface area contributed by atoms with Crippen LogP contribution in [0.3, 0.4) is 0 Å². The van der Waals surface area contributed by atoms with Crippen molar-refractivity contribution < 1.29 is 19.2 Å². The predicted octanol–water partition coefficient (Wildman–Crippen LogP) is 1.48. The molecule has 0 aromatic heterocycles. The largest absolute Gasteiger partial charge is 0.334 e. The molecule has 1 aromatic rings. The van der Waals surface area contributed by atoms with Crippen LogP contribution < -0.4 is 5.32 Å². The maximum atomic E-state index is 12.0. The molecule has 0 atom stereocenters. The van der Waals surface area contributed by atoms with E-state index in [1.54, 1.807) is 38.1 Å². The summed E-state index contributed by atoms with van der Waals surface area (Å²) < 4.78 is 0. The van der Waals surface area contributed by atoms with Crippen LogP contribution in [0.4, 0.5) is 10.5 Å². The number of rotatable bonds is 4. The van der Waals surface area contributed by atoms with Crippen LogP contribution in [0.5, 0.6) is 0 Å². The van der Waals surface area contributed by atoms with Crippen LogP contribution in [0.15, 0.2) is 24.3 Å². The van der Waals surface area contributed by atoms with Crippen molar-refractivity contribution in [1.29, 1.82) is 0 Å². The Labute approximate surface area is 131 Å². The molecular formula is C14H14ClN3O4. The van der Waals surface area contributed by atoms with E-state index in [9.17, 15) is 19.2 Å². The SMILES string of the molecule is CC(C)N1C(=O)C(=O)N(CC(=O)Nc2ccccc2Cl)C1=O. The Morgan fingerprint density at radius 3 is 2.36 bits per heavy atom. The molecule has 1 aliphatic rings. The van der Waals surface area contributed by atoms with Crippen molar-refractivity contribution >= 4 is 41.0 Å². The number of para-hydroxylation sites is 1. The van der Waals surface area contributed by atoms with Gasteiger partial charge in [0.1, 0.15) is 6.54 Å². The van der Waals surface area contributed by atoms with Gasteiger partial charge in [0.15, 0.2) is 0 Å². The summed E-state index contributed by atoms with van der Waals surface area (Å²) in [6.45, 7) is 2.67. The fraction of sp³-hybridized carbons (Fsp3) is 0.286. The number of carbonyl (C=O) groups is 4. The Morgan fingerprint density at radius 2 is 1.82 bits per heavy atom. The molecule has 116 valence electrons. The number of amides is 5. The summed E-state index contributed by atoms with van der Waals surface area (Å²) in [5.41, 5.74) is 0.361. The Kier molecular flexibility index (Phi) is 4.46. The number of anilines is 1. The summed E-state index contributed by atoms with van der Waals surface area (Å²) in [5, 5.41) is 2.82. The molecule has 0 radical (unpaired) electrons. The summed E-state index contributed by atoms with van der Waals surface area (Å²) in [6.07, 6.45) is 0. The molecule has 0 saturated carbocycles. The standard InChI is InChI=1S/C14H14ClN3O4/c1-8(2)18-13(21)12(20)17(14(18)22)7-11(19)16-10-6-4-3-5-9(10)15/h3-6,8H,7H2,1-2H3,(H,16,19). The molecule has 0 bridgehead atoms. The van der Waals surface area contributed by atoms with Crippen LogP contribution in [-0.4, -0.2) is 46.1 Å². The molecular weight excluding hydrogens is 310 g/mol. The monoisotopic (exact) mass is 323 g/mol. The van der Waals surface area contributed by atoms with E-state index in [4.69, 9.17) is 11.6 Å². The van der Waals surface area contributed by atoms with Crippen LogP contribution in [0.1, 0.15) is 13.8 Å². The summed E-state index contributed by atoms with van der Waals surface area (Å²) in [7, 11) is 0. The molecule has 1 fully saturated rings. The first kappa shape index (κ1) is 16.0. The van der Waals surface area contributed by atoms with Crippen molar-refractivity contribution in [1.82, 2.24) is 9.80 Å². The van der Waals surface area contributed by atoms with Crippen LogP contribution >= 0.6 is 11.6 Å². The van der Waals surface area contributed by atoms with E-state index in [1.807, 2.05) is 0 Å². The van der Waals surface area contributed by atoms with Crippen LogP contribution in [0.2, 0.25) is 5.02 Å². The molecule has 0 spiro atoms. The third-order valence-corrected chi connectivity index (χ3v) is 3.38. The minimum atomic E-state index is -1.01. The molecule has 2 rings (SSSR count). The molecule has 1 N–H and O–H groups in total. The highest BCUT2D eigenvalue weighted by atomic mass is 35.5. The highest BCUT2D eigenvalue weighted by Crippen LogP contribution is 2.21. The number of hydrogen-bond donors (Lipinski definition) is 1. The number of nitrogens with one attached hydrogen (secondary N) is 1. The summed E-state index contributed by atoms with van der Waals surface area (Å²) in [4.78, 5) is 48.9. The minimum Gasteiger partial charge on any atom is -0.323 e. The first-order valence-electron chi connectivity index (χ1n) is 6.56. The normalized spacial score (nSPS) is 15.0. The van der Waals surface area contributed by atoms with Gasteiger partial charge in [0.05, 0.1) is 10.7 Å². The lowest BCUT2D eigenvalue weighted by Crippen LogP contribution is -2.40. The van der Waals surface area contributed by atoms with Gasteiger partial charge >= 0.3 is 17.8 Å². The van der Waals surface area contributed by atoms with Crippen molar-refractivity contribution in [2.45, 2.75) is 19.9 Å². The average Bonchev–Trinajstić information content (AvgIpc) is 2.65. The second kappa shape index (κ2) is 6.15. The smallest absolute Gasteiger partial charge is 0.323 e. The first-order chi connectivity index (χ1) is 10.3. The summed E-state index contributed by atoms with van der Waals surface area (Å²) in [5.74, 6) is -2.55. The molecule has 8 heteroatoms. The van der Waals surface area contributed by atoms with E-state index < -0.39 is 36.3 Å². The van der Waals surface area contributed by atoms with Gasteiger partial charge in [0, 0.05) is 6.04 Å². The second-order valence-corrected chi connectivity index (χ2v) is 5.38. The fourth-order valence-corrected chi connectivity index (χ4v) is 2.20. The topological polar surface area (TPSA) is 86.8 Å². The lowest BCUT2D eigenvalue weighted by atomic mass is 10.3. The second-order valence-electron chi connectivity index (χ2n) is 4.97. The van der Waals surface area contributed by atoms with Crippen LogP contribution in [0.25, 0.3) is 0 Å². The van der Waals surface area contributed by atoms with Gasteiger partial charge in [-0.1, -0.05) is 23.7 Å².